The second-order valence-electron chi connectivity index (χ2n) is 5.70. The van der Waals surface area contributed by atoms with Crippen LogP contribution in [0.5, 0.6) is 0 Å². The van der Waals surface area contributed by atoms with E-state index >= 15 is 0 Å². The number of halogens is 1. The Bertz CT molecular complexity index is 394. The second kappa shape index (κ2) is 6.90. The number of nitrogens with zero attached hydrogens (tertiary/aromatic N) is 1. The molecule has 2 unspecified atom stereocenters. The van der Waals surface area contributed by atoms with E-state index in [1.807, 2.05) is 24.1 Å². The lowest BCUT2D eigenvalue weighted by Gasteiger charge is -2.30. The lowest BCUT2D eigenvalue weighted by atomic mass is 9.86. The molecule has 19 heavy (non-hydrogen) atoms. The fraction of sp³-hybridized carbons (Fsp3) is 0.625. The molecule has 1 N–H and O–H groups in total. The lowest BCUT2D eigenvalue weighted by molar-refractivity contribution is 0.283. The normalized spacial score (nSPS) is 23.3. The first-order valence-electron chi connectivity index (χ1n) is 7.37. The predicted octanol–water partition coefficient (Wildman–Crippen LogP) is 3.43. The third kappa shape index (κ3) is 3.93. The highest BCUT2D eigenvalue weighted by molar-refractivity contribution is 5.46. The zero-order valence-electron chi connectivity index (χ0n) is 12.0. The third-order valence-corrected chi connectivity index (χ3v) is 4.23. The van der Waals surface area contributed by atoms with Crippen LogP contribution >= 0.6 is 0 Å². The number of nitrogens with one attached hydrogen (secondary N) is 1. The van der Waals surface area contributed by atoms with E-state index in [9.17, 15) is 4.39 Å². The Labute approximate surface area is 116 Å². The summed E-state index contributed by atoms with van der Waals surface area (Å²) in [4.78, 5) is 1.98. The fourth-order valence-corrected chi connectivity index (χ4v) is 2.92. The van der Waals surface area contributed by atoms with Crippen LogP contribution in [-0.4, -0.2) is 26.2 Å². The van der Waals surface area contributed by atoms with Crippen LogP contribution in [0.25, 0.3) is 0 Å². The van der Waals surface area contributed by atoms with Gasteiger partial charge < -0.3 is 10.2 Å². The van der Waals surface area contributed by atoms with Crippen LogP contribution in [0.1, 0.15) is 32.6 Å². The molecule has 1 aliphatic rings. The Hall–Kier alpha value is -1.09. The Morgan fingerprint density at radius 1 is 1.26 bits per heavy atom. The van der Waals surface area contributed by atoms with Crippen LogP contribution in [0, 0.1) is 11.7 Å². The number of anilines is 1. The summed E-state index contributed by atoms with van der Waals surface area (Å²) < 4.78 is 13.6. The first-order valence-corrected chi connectivity index (χ1v) is 7.37. The number of likely N-dealkylation sites (N-methyl/N-ethyl adjacent to an activating group) is 1. The van der Waals surface area contributed by atoms with Crippen molar-refractivity contribution in [2.24, 2.45) is 5.92 Å². The third-order valence-electron chi connectivity index (χ3n) is 4.23. The van der Waals surface area contributed by atoms with E-state index in [1.165, 1.54) is 31.7 Å². The Morgan fingerprint density at radius 2 is 2.00 bits per heavy atom. The molecule has 2 rings (SSSR count). The molecular formula is C16H25FN2. The first kappa shape index (κ1) is 14.3. The molecule has 2 nitrogen and oxygen atoms in total. The van der Waals surface area contributed by atoms with Crippen LogP contribution in [0.3, 0.4) is 0 Å². The van der Waals surface area contributed by atoms with Crippen LogP contribution < -0.4 is 10.2 Å². The van der Waals surface area contributed by atoms with Gasteiger partial charge in [0.2, 0.25) is 0 Å². The molecule has 0 bridgehead atoms. The maximum absolute atomic E-state index is 13.6. The van der Waals surface area contributed by atoms with Gasteiger partial charge in [0.25, 0.3) is 0 Å². The topological polar surface area (TPSA) is 15.3 Å². The van der Waals surface area contributed by atoms with E-state index in [1.54, 1.807) is 6.07 Å². The number of hydrogen-bond acceptors (Lipinski definition) is 2. The van der Waals surface area contributed by atoms with Crippen LogP contribution in [0.2, 0.25) is 0 Å². The van der Waals surface area contributed by atoms with Gasteiger partial charge in [0.15, 0.2) is 0 Å². The minimum absolute atomic E-state index is 0.143. The molecule has 2 atom stereocenters. The molecule has 106 valence electrons. The van der Waals surface area contributed by atoms with Crippen molar-refractivity contribution in [2.45, 2.75) is 38.6 Å². The average molecular weight is 264 g/mol. The molecular weight excluding hydrogens is 239 g/mol. The Balaban J connectivity index is 1.77. The SMILES string of the molecule is CC1CCCCC1NCCN(C)c1ccccc1F. The molecule has 0 aromatic heterocycles. The minimum atomic E-state index is -0.143. The summed E-state index contributed by atoms with van der Waals surface area (Å²) >= 11 is 0. The maximum atomic E-state index is 13.6. The predicted molar refractivity (Wildman–Crippen MR) is 79.1 cm³/mol. The summed E-state index contributed by atoms with van der Waals surface area (Å²) in [6, 6.07) is 7.60. The smallest absolute Gasteiger partial charge is 0.146 e. The highest BCUT2D eigenvalue weighted by atomic mass is 19.1. The van der Waals surface area contributed by atoms with Crippen LogP contribution in [0.15, 0.2) is 24.3 Å². The van der Waals surface area contributed by atoms with Crippen molar-refractivity contribution in [3.8, 4) is 0 Å². The number of rotatable bonds is 5. The Kier molecular flexibility index (Phi) is 5.20. The molecule has 0 heterocycles. The number of hydrogen-bond donors (Lipinski definition) is 1. The van der Waals surface area contributed by atoms with Crippen molar-refractivity contribution >= 4 is 5.69 Å². The molecule has 1 aromatic rings. The molecule has 1 aromatic carbocycles. The molecule has 1 saturated carbocycles. The summed E-state index contributed by atoms with van der Waals surface area (Å²) in [7, 11) is 1.95. The summed E-state index contributed by atoms with van der Waals surface area (Å²) in [6.45, 7) is 4.08. The van der Waals surface area contributed by atoms with Gasteiger partial charge in [-0.1, -0.05) is 31.9 Å². The van der Waals surface area contributed by atoms with Crippen molar-refractivity contribution in [1.82, 2.24) is 5.32 Å². The van der Waals surface area contributed by atoms with E-state index in [4.69, 9.17) is 0 Å². The van der Waals surface area contributed by atoms with Gasteiger partial charge in [-0.25, -0.2) is 4.39 Å². The van der Waals surface area contributed by atoms with Crippen molar-refractivity contribution in [2.75, 3.05) is 25.0 Å². The summed E-state index contributed by atoms with van der Waals surface area (Å²) in [6.07, 6.45) is 5.32. The molecule has 0 saturated heterocycles. The second-order valence-corrected chi connectivity index (χ2v) is 5.70. The van der Waals surface area contributed by atoms with Crippen molar-refractivity contribution in [3.05, 3.63) is 30.1 Å². The van der Waals surface area contributed by atoms with Crippen molar-refractivity contribution < 1.29 is 4.39 Å². The van der Waals surface area contributed by atoms with E-state index < -0.39 is 0 Å². The maximum Gasteiger partial charge on any atom is 0.146 e. The van der Waals surface area contributed by atoms with Crippen molar-refractivity contribution in [3.63, 3.8) is 0 Å². The van der Waals surface area contributed by atoms with Gasteiger partial charge in [-0.05, 0) is 30.9 Å². The molecule has 1 aliphatic carbocycles. The monoisotopic (exact) mass is 264 g/mol. The van der Waals surface area contributed by atoms with Gasteiger partial charge in [0.1, 0.15) is 5.82 Å². The standard InChI is InChI=1S/C16H25FN2/c1-13-7-3-5-9-15(13)18-11-12-19(2)16-10-6-4-8-14(16)17/h4,6,8,10,13,15,18H,3,5,7,9,11-12H2,1-2H3. The largest absolute Gasteiger partial charge is 0.371 e. The molecule has 0 aliphatic heterocycles. The average Bonchev–Trinajstić information content (AvgIpc) is 2.41. The fourth-order valence-electron chi connectivity index (χ4n) is 2.92. The lowest BCUT2D eigenvalue weighted by Crippen LogP contribution is -2.41. The van der Waals surface area contributed by atoms with E-state index in [-0.39, 0.29) is 5.82 Å². The van der Waals surface area contributed by atoms with Crippen LogP contribution in [-0.2, 0) is 0 Å². The molecule has 0 spiro atoms. The van der Waals surface area contributed by atoms with Gasteiger partial charge in [-0.15, -0.1) is 0 Å². The molecule has 1 fully saturated rings. The highest BCUT2D eigenvalue weighted by Gasteiger charge is 2.20. The quantitative estimate of drug-likeness (QED) is 0.876. The van der Waals surface area contributed by atoms with Crippen molar-refractivity contribution in [1.29, 1.82) is 0 Å². The summed E-state index contributed by atoms with van der Waals surface area (Å²) in [5.41, 5.74) is 0.681. The zero-order chi connectivity index (χ0) is 13.7. The van der Waals surface area contributed by atoms with Gasteiger partial charge >= 0.3 is 0 Å². The minimum Gasteiger partial charge on any atom is -0.371 e. The van der Waals surface area contributed by atoms with Gasteiger partial charge in [0.05, 0.1) is 5.69 Å². The Morgan fingerprint density at radius 3 is 2.74 bits per heavy atom. The molecule has 0 amide bonds. The summed E-state index contributed by atoms with van der Waals surface area (Å²) in [5, 5.41) is 3.63. The van der Waals surface area contributed by atoms with Gasteiger partial charge in [0, 0.05) is 26.2 Å². The zero-order valence-corrected chi connectivity index (χ0v) is 12.0. The van der Waals surface area contributed by atoms with Gasteiger partial charge in [-0.2, -0.15) is 0 Å². The van der Waals surface area contributed by atoms with E-state index in [0.29, 0.717) is 11.7 Å². The number of benzene rings is 1. The molecule has 0 radical (unpaired) electrons. The molecule has 3 heteroatoms. The number of para-hydroxylation sites is 1. The first-order chi connectivity index (χ1) is 9.18. The van der Waals surface area contributed by atoms with Crippen LogP contribution in [0.4, 0.5) is 10.1 Å². The van der Waals surface area contributed by atoms with E-state index in [0.717, 1.165) is 19.0 Å². The van der Waals surface area contributed by atoms with E-state index in [2.05, 4.69) is 12.2 Å². The summed E-state index contributed by atoms with van der Waals surface area (Å²) in [5.74, 6) is 0.628. The van der Waals surface area contributed by atoms with Gasteiger partial charge in [-0.3, -0.25) is 0 Å². The highest BCUT2D eigenvalue weighted by Crippen LogP contribution is 2.23.